The predicted molar refractivity (Wildman–Crippen MR) is 114 cm³/mol. The van der Waals surface area contributed by atoms with Crippen molar-refractivity contribution in [2.45, 2.75) is 20.0 Å². The van der Waals surface area contributed by atoms with Crippen molar-refractivity contribution in [2.75, 3.05) is 17.7 Å². The summed E-state index contributed by atoms with van der Waals surface area (Å²) in [7, 11) is 0. The summed E-state index contributed by atoms with van der Waals surface area (Å²) in [5.74, 6) is 0. The van der Waals surface area contributed by atoms with E-state index < -0.39 is 0 Å². The summed E-state index contributed by atoms with van der Waals surface area (Å²) in [4.78, 5) is 4.78. The first kappa shape index (κ1) is 20.6. The monoisotopic (exact) mass is 381 g/mol. The normalized spacial score (nSPS) is 10.8. The van der Waals surface area contributed by atoms with Crippen LogP contribution in [0.5, 0.6) is 0 Å². The summed E-state index contributed by atoms with van der Waals surface area (Å²) >= 11 is 0. The van der Waals surface area contributed by atoms with Gasteiger partial charge in [0, 0.05) is 28.8 Å². The van der Waals surface area contributed by atoms with Gasteiger partial charge in [-0.3, -0.25) is 0 Å². The van der Waals surface area contributed by atoms with Crippen molar-refractivity contribution in [3.05, 3.63) is 72.3 Å². The van der Waals surface area contributed by atoms with Gasteiger partial charge < -0.3 is 17.2 Å². The number of nitrogens with zero attached hydrogens (tertiary/aromatic N) is 1. The second-order valence-corrected chi connectivity index (χ2v) is 6.66. The summed E-state index contributed by atoms with van der Waals surface area (Å²) in [6, 6.07) is 22.4. The van der Waals surface area contributed by atoms with Gasteiger partial charge in [0.25, 0.3) is 0 Å². The van der Waals surface area contributed by atoms with Gasteiger partial charge in [0.1, 0.15) is 0 Å². The van der Waals surface area contributed by atoms with Crippen LogP contribution in [0, 0.1) is 0 Å². The minimum absolute atomic E-state index is 0. The zero-order chi connectivity index (χ0) is 18.6. The van der Waals surface area contributed by atoms with Gasteiger partial charge in [-0.25, -0.2) is 4.98 Å². The van der Waals surface area contributed by atoms with Gasteiger partial charge in [-0.15, -0.1) is 0 Å². The van der Waals surface area contributed by atoms with E-state index in [4.69, 9.17) is 15.5 Å². The maximum absolute atomic E-state index is 6.13. The largest absolute Gasteiger partial charge is 1.00 e. The molecule has 3 aromatic carbocycles. The number of hydrogen-bond donors (Lipinski definition) is 2. The molecule has 5 heteroatoms. The van der Waals surface area contributed by atoms with Crippen molar-refractivity contribution in [3.8, 4) is 0 Å². The molecule has 0 aliphatic carbocycles. The van der Waals surface area contributed by atoms with Gasteiger partial charge in [-0.1, -0.05) is 43.3 Å². The number of anilines is 3. The first-order valence-corrected chi connectivity index (χ1v) is 9.26. The smallest absolute Gasteiger partial charge is 1.00 e. The average Bonchev–Trinajstić information content (AvgIpc) is 2.68. The molecular weight excluding hydrogens is 357 g/mol. The van der Waals surface area contributed by atoms with Gasteiger partial charge in [-0.2, -0.15) is 0 Å². The Hall–Kier alpha value is -2.11. The average molecular weight is 381 g/mol. The fourth-order valence-electron chi connectivity index (χ4n) is 3.33. The maximum atomic E-state index is 6.13. The molecule has 28 heavy (non-hydrogen) atoms. The van der Waals surface area contributed by atoms with Crippen LogP contribution < -0.4 is 40.6 Å². The number of para-hydroxylation sites is 2. The van der Waals surface area contributed by atoms with Gasteiger partial charge >= 0.3 is 29.6 Å². The summed E-state index contributed by atoms with van der Waals surface area (Å²) in [6.45, 7) is 3.41. The number of aromatic nitrogens is 1. The van der Waals surface area contributed by atoms with Gasteiger partial charge in [0.2, 0.25) is 0 Å². The molecule has 0 saturated carbocycles. The van der Waals surface area contributed by atoms with E-state index in [0.717, 1.165) is 57.5 Å². The molecule has 0 radical (unpaired) electrons. The molecule has 0 amide bonds. The molecule has 0 spiro atoms. The molecule has 1 heterocycles. The standard InChI is InChI=1S/C23H23N3O.Na.H/c1-2-11-27-15-16-12-17(24)14-18(13-16)25-23-19-7-3-5-9-21(19)26-22-10-6-4-8-20(22)23;;/h3-10,12-14H,2,11,15,24H2,1H3,(H,25,26);;/q;+1;-1. The first-order chi connectivity index (χ1) is 13.2. The van der Waals surface area contributed by atoms with E-state index in [-0.39, 0.29) is 31.0 Å². The SMILES string of the molecule is CCCOCc1cc(N)cc(Nc2c3ccccc3nc3ccccc23)c1.[H-].[Na+]. The quantitative estimate of drug-likeness (QED) is 0.233. The third-order valence-corrected chi connectivity index (χ3v) is 4.49. The van der Waals surface area contributed by atoms with Crippen LogP contribution in [0.4, 0.5) is 17.1 Å². The molecule has 3 N–H and O–H groups in total. The first-order valence-electron chi connectivity index (χ1n) is 9.26. The van der Waals surface area contributed by atoms with E-state index in [1.54, 1.807) is 0 Å². The molecular formula is C23H24N3NaO. The Balaban J connectivity index is 0.00000150. The second-order valence-electron chi connectivity index (χ2n) is 6.66. The number of nitrogens with two attached hydrogens (primary N) is 1. The minimum atomic E-state index is 0. The van der Waals surface area contributed by atoms with Crippen LogP contribution in [0.25, 0.3) is 21.8 Å². The molecule has 0 fully saturated rings. The number of rotatable bonds is 6. The molecule has 4 rings (SSSR count). The molecule has 4 aromatic rings. The minimum Gasteiger partial charge on any atom is -1.00 e. The second kappa shape index (κ2) is 9.39. The number of ether oxygens (including phenoxy) is 1. The molecule has 0 bridgehead atoms. The third-order valence-electron chi connectivity index (χ3n) is 4.49. The number of nitrogen functional groups attached to an aromatic ring is 1. The van der Waals surface area contributed by atoms with Crippen molar-refractivity contribution in [1.82, 2.24) is 4.98 Å². The van der Waals surface area contributed by atoms with Crippen molar-refractivity contribution in [3.63, 3.8) is 0 Å². The van der Waals surface area contributed by atoms with Crippen molar-refractivity contribution in [2.24, 2.45) is 0 Å². The third kappa shape index (κ3) is 4.47. The number of benzene rings is 3. The van der Waals surface area contributed by atoms with E-state index in [9.17, 15) is 0 Å². The van der Waals surface area contributed by atoms with E-state index in [1.807, 2.05) is 48.5 Å². The van der Waals surface area contributed by atoms with Crippen LogP contribution in [0.3, 0.4) is 0 Å². The molecule has 0 aliphatic heterocycles. The Morgan fingerprint density at radius 1 is 0.964 bits per heavy atom. The summed E-state index contributed by atoms with van der Waals surface area (Å²) in [6.07, 6.45) is 1.00. The number of pyridine rings is 1. The van der Waals surface area contributed by atoms with E-state index in [2.05, 4.69) is 30.4 Å². The Bertz CT molecular complexity index is 1050. The van der Waals surface area contributed by atoms with Crippen LogP contribution >= 0.6 is 0 Å². The number of nitrogens with one attached hydrogen (secondary N) is 1. The Kier molecular flexibility index (Phi) is 6.92. The molecule has 0 atom stereocenters. The van der Waals surface area contributed by atoms with Gasteiger partial charge in [0.15, 0.2) is 0 Å². The number of hydrogen-bond acceptors (Lipinski definition) is 4. The zero-order valence-electron chi connectivity index (χ0n) is 17.4. The predicted octanol–water partition coefficient (Wildman–Crippen LogP) is 2.76. The molecule has 138 valence electrons. The van der Waals surface area contributed by atoms with E-state index >= 15 is 0 Å². The molecule has 0 unspecified atom stereocenters. The molecule has 1 aromatic heterocycles. The van der Waals surface area contributed by atoms with Crippen molar-refractivity contribution in [1.29, 1.82) is 0 Å². The Labute approximate surface area is 188 Å². The summed E-state index contributed by atoms with van der Waals surface area (Å²) in [5, 5.41) is 5.76. The van der Waals surface area contributed by atoms with Gasteiger partial charge in [-0.05, 0) is 42.3 Å². The maximum Gasteiger partial charge on any atom is 1.00 e. The summed E-state index contributed by atoms with van der Waals surface area (Å²) in [5.41, 5.74) is 11.8. The van der Waals surface area contributed by atoms with Crippen LogP contribution in [-0.2, 0) is 11.3 Å². The van der Waals surface area contributed by atoms with Gasteiger partial charge in [0.05, 0.1) is 23.3 Å². The van der Waals surface area contributed by atoms with Crippen LogP contribution in [0.1, 0.15) is 20.3 Å². The molecule has 0 aliphatic rings. The van der Waals surface area contributed by atoms with E-state index in [1.165, 1.54) is 0 Å². The summed E-state index contributed by atoms with van der Waals surface area (Å²) < 4.78 is 5.68. The zero-order valence-corrected chi connectivity index (χ0v) is 18.4. The van der Waals surface area contributed by atoms with Crippen LogP contribution in [-0.4, -0.2) is 11.6 Å². The fraction of sp³-hybridized carbons (Fsp3) is 0.174. The van der Waals surface area contributed by atoms with Crippen LogP contribution in [0.15, 0.2) is 66.7 Å². The Morgan fingerprint density at radius 3 is 2.25 bits per heavy atom. The van der Waals surface area contributed by atoms with Crippen LogP contribution in [0.2, 0.25) is 0 Å². The van der Waals surface area contributed by atoms with Crippen molar-refractivity contribution >= 4 is 38.9 Å². The van der Waals surface area contributed by atoms with E-state index in [0.29, 0.717) is 6.61 Å². The molecule has 4 nitrogen and oxygen atoms in total. The fourth-order valence-corrected chi connectivity index (χ4v) is 3.33. The topological polar surface area (TPSA) is 60.2 Å². The molecule has 0 saturated heterocycles. The number of fused-ring (bicyclic) bond motifs is 2. The Morgan fingerprint density at radius 2 is 1.61 bits per heavy atom. The van der Waals surface area contributed by atoms with Crippen molar-refractivity contribution < 1.29 is 35.7 Å².